The number of nitrogens with one attached hydrogen (secondary N) is 5. The number of ether oxygens (including phenoxy) is 5. The second-order valence-electron chi connectivity index (χ2n) is 27.7. The molecule has 1 aliphatic heterocycles. The van der Waals surface area contributed by atoms with E-state index >= 15 is 0 Å². The molecule has 0 aliphatic carbocycles. The van der Waals surface area contributed by atoms with E-state index in [9.17, 15) is 43.2 Å². The van der Waals surface area contributed by atoms with Crippen molar-refractivity contribution in [2.45, 2.75) is 208 Å². The molecular formula is C73H114N10O14. The number of hydrogen-bond donors (Lipinski definition) is 6. The number of likely N-dealkylation sites (N-methyl/N-ethyl adjacent to an activating group) is 2. The van der Waals surface area contributed by atoms with Crippen LogP contribution in [0.5, 0.6) is 0 Å². The fraction of sp³-hybridized carbons (Fsp3) is 0.630. The Kier molecular flexibility index (Phi) is 33.4. The second-order valence-corrected chi connectivity index (χ2v) is 27.7. The van der Waals surface area contributed by atoms with Crippen LogP contribution in [0.3, 0.4) is 0 Å². The summed E-state index contributed by atoms with van der Waals surface area (Å²) in [5, 5.41) is 14.3. The summed E-state index contributed by atoms with van der Waals surface area (Å²) in [5.41, 5.74) is 8.50. The molecule has 0 aromatic heterocycles. The van der Waals surface area contributed by atoms with E-state index < -0.39 is 102 Å². The quantitative estimate of drug-likeness (QED) is 0.0181. The zero-order valence-corrected chi connectivity index (χ0v) is 60.9. The summed E-state index contributed by atoms with van der Waals surface area (Å²) in [6.45, 7) is 23.5. The average Bonchev–Trinajstić information content (AvgIpc) is 1.80. The van der Waals surface area contributed by atoms with E-state index in [1.54, 1.807) is 89.7 Å². The van der Waals surface area contributed by atoms with Gasteiger partial charge in [-0.1, -0.05) is 123 Å². The number of nitrogens with zero attached hydrogens (tertiary/aromatic N) is 4. The highest BCUT2D eigenvalue weighted by Crippen LogP contribution is 2.31. The van der Waals surface area contributed by atoms with Crippen molar-refractivity contribution < 1.29 is 66.8 Å². The van der Waals surface area contributed by atoms with Gasteiger partial charge in [0.1, 0.15) is 36.4 Å². The third kappa shape index (κ3) is 25.0. The van der Waals surface area contributed by atoms with E-state index in [0.717, 1.165) is 11.1 Å². The number of carbonyl (C=O) groups is 9. The smallest absolute Gasteiger partial charge is 0.414 e. The molecule has 4 rings (SSSR count). The van der Waals surface area contributed by atoms with Gasteiger partial charge in [0, 0.05) is 59.2 Å². The topological polar surface area (TPSA) is 299 Å². The molecule has 97 heavy (non-hydrogen) atoms. The maximum absolute atomic E-state index is 14.9. The fourth-order valence-corrected chi connectivity index (χ4v) is 12.4. The summed E-state index contributed by atoms with van der Waals surface area (Å²) in [6.07, 6.45) is 1.46. The SMILES string of the molecule is CC[C@H](C)[C@@H]([C@@H](CC(=O)N1CCC[C@H]1[C@H](OC)[C@@H](C)C(=O)N[C@@H](Cc1ccccc1)C(=O)OC)OC)N(C)C(=O)[C@@H](NC(=O)[C@H](C(C)C)N(C)CCc1ccc(N(C)C(=O)OCc2ccc(NC(=O)[C@H](CCCCN)NC(=O)[C@@H](NC(=O)OC(C)(C)C)C(C)C)cc2)cc1)C(C)C. The molecule has 8 amide bonds. The molecule has 0 radical (unpaired) electrons. The van der Waals surface area contributed by atoms with Crippen LogP contribution < -0.4 is 37.2 Å². The largest absolute Gasteiger partial charge is 0.467 e. The van der Waals surface area contributed by atoms with Gasteiger partial charge in [0.2, 0.25) is 35.4 Å². The minimum atomic E-state index is -0.953. The predicted octanol–water partition coefficient (Wildman–Crippen LogP) is 8.02. The summed E-state index contributed by atoms with van der Waals surface area (Å²) >= 11 is 0. The van der Waals surface area contributed by atoms with Crippen LogP contribution in [-0.2, 0) is 76.7 Å². The standard InChI is InChI=1S/C73H114N10O14/c1-19-48(8)63(58(93-16)43-59(84)83-40-25-29-57(83)64(94-17)49(9)65(85)77-56(70(90)95-18)42-51-26-21-20-22-27-51)82(15)69(89)61(46(4)5)78-68(88)62(47(6)7)80(13)41-38-50-32-36-54(37-33-50)81(14)72(92)96-44-52-30-34-53(35-31-52)75-66(86)55(28-23-24-39-74)76-67(87)60(45(2)3)79-71(91)97-73(10,11)12/h20-22,26-27,30-37,45-49,55-58,60-64H,19,23-25,28-29,38-44,74H2,1-18H3,(H,75,86)(H,76,87)(H,77,85)(H,78,88)(H,79,91)/t48-,49+,55-,56-,57-,58+,60-,61-,62-,63-,64+/m0/s1. The molecule has 540 valence electrons. The number of carbonyl (C=O) groups excluding carboxylic acids is 9. The minimum absolute atomic E-state index is 0.0501. The van der Waals surface area contributed by atoms with Gasteiger partial charge < -0.3 is 65.8 Å². The number of nitrogens with two attached hydrogens (primary N) is 1. The predicted molar refractivity (Wildman–Crippen MR) is 375 cm³/mol. The van der Waals surface area contributed by atoms with E-state index in [-0.39, 0.29) is 60.8 Å². The molecule has 1 aliphatic rings. The highest BCUT2D eigenvalue weighted by Gasteiger charge is 2.44. The molecule has 11 atom stereocenters. The van der Waals surface area contributed by atoms with Gasteiger partial charge in [0.05, 0.1) is 49.8 Å². The summed E-state index contributed by atoms with van der Waals surface area (Å²) < 4.78 is 28.2. The first kappa shape index (κ1) is 81.8. The Labute approximate surface area is 576 Å². The molecule has 24 nitrogen and oxygen atoms in total. The molecule has 0 saturated carbocycles. The van der Waals surface area contributed by atoms with E-state index in [2.05, 4.69) is 26.6 Å². The second kappa shape index (κ2) is 39.7. The minimum Gasteiger partial charge on any atom is -0.467 e. The lowest BCUT2D eigenvalue weighted by Gasteiger charge is -2.41. The first-order valence-electron chi connectivity index (χ1n) is 34.2. The van der Waals surface area contributed by atoms with Gasteiger partial charge in [0.25, 0.3) is 0 Å². The highest BCUT2D eigenvalue weighted by molar-refractivity contribution is 5.98. The van der Waals surface area contributed by atoms with Gasteiger partial charge in [-0.3, -0.25) is 38.6 Å². The lowest BCUT2D eigenvalue weighted by molar-refractivity contribution is -0.149. The average molecular weight is 1360 g/mol. The van der Waals surface area contributed by atoms with Crippen LogP contribution in [0.1, 0.15) is 145 Å². The molecule has 1 heterocycles. The van der Waals surface area contributed by atoms with Crippen molar-refractivity contribution in [3.05, 3.63) is 95.6 Å². The number of unbranched alkanes of at least 4 members (excludes halogenated alkanes) is 1. The van der Waals surface area contributed by atoms with Gasteiger partial charge in [-0.2, -0.15) is 0 Å². The third-order valence-electron chi connectivity index (χ3n) is 18.1. The van der Waals surface area contributed by atoms with E-state index in [1.165, 1.54) is 26.2 Å². The normalized spacial score (nSPS) is 16.4. The van der Waals surface area contributed by atoms with Gasteiger partial charge in [0.15, 0.2) is 0 Å². The van der Waals surface area contributed by atoms with E-state index in [1.807, 2.05) is 108 Å². The van der Waals surface area contributed by atoms with Crippen LogP contribution >= 0.6 is 0 Å². The summed E-state index contributed by atoms with van der Waals surface area (Å²) in [4.78, 5) is 130. The molecule has 7 N–H and O–H groups in total. The molecular weight excluding hydrogens is 1240 g/mol. The Morgan fingerprint density at radius 2 is 1.30 bits per heavy atom. The maximum atomic E-state index is 14.9. The summed E-state index contributed by atoms with van der Waals surface area (Å²) in [7, 11) is 9.52. The van der Waals surface area contributed by atoms with Crippen molar-refractivity contribution in [2.75, 3.05) is 72.3 Å². The number of alkyl carbamates (subject to hydrolysis) is 1. The summed E-state index contributed by atoms with van der Waals surface area (Å²) in [6, 6.07) is 18.3. The monoisotopic (exact) mass is 1350 g/mol. The molecule has 1 saturated heterocycles. The third-order valence-corrected chi connectivity index (χ3v) is 18.1. The molecule has 0 unspecified atom stereocenters. The zero-order valence-electron chi connectivity index (χ0n) is 60.9. The maximum Gasteiger partial charge on any atom is 0.414 e. The molecule has 3 aromatic carbocycles. The lowest BCUT2D eigenvalue weighted by atomic mass is 9.89. The molecule has 1 fully saturated rings. The van der Waals surface area contributed by atoms with Crippen LogP contribution in [0, 0.1) is 29.6 Å². The van der Waals surface area contributed by atoms with Crippen molar-refractivity contribution in [3.8, 4) is 0 Å². The highest BCUT2D eigenvalue weighted by atomic mass is 16.6. The van der Waals surface area contributed by atoms with Gasteiger partial charge >= 0.3 is 18.2 Å². The van der Waals surface area contributed by atoms with Crippen molar-refractivity contribution in [1.82, 2.24) is 36.0 Å². The van der Waals surface area contributed by atoms with Crippen LogP contribution in [-0.4, -0.2) is 191 Å². The van der Waals surface area contributed by atoms with Gasteiger partial charge in [-0.25, -0.2) is 14.4 Å². The van der Waals surface area contributed by atoms with Gasteiger partial charge in [-0.05, 0) is 138 Å². The van der Waals surface area contributed by atoms with Crippen LogP contribution in [0.4, 0.5) is 21.0 Å². The van der Waals surface area contributed by atoms with Crippen molar-refractivity contribution >= 4 is 65.0 Å². The number of rotatable bonds is 37. The first-order valence-corrected chi connectivity index (χ1v) is 34.2. The zero-order chi connectivity index (χ0) is 72.4. The Morgan fingerprint density at radius 3 is 1.86 bits per heavy atom. The Morgan fingerprint density at radius 1 is 0.680 bits per heavy atom. The van der Waals surface area contributed by atoms with Crippen LogP contribution in [0.2, 0.25) is 0 Å². The lowest BCUT2D eigenvalue weighted by Crippen LogP contribution is -2.60. The Balaban J connectivity index is 1.35. The van der Waals surface area contributed by atoms with Crippen molar-refractivity contribution in [2.24, 2.45) is 35.3 Å². The van der Waals surface area contributed by atoms with E-state index in [4.69, 9.17) is 29.4 Å². The number of esters is 1. The number of methoxy groups -OCH3 is 3. The van der Waals surface area contributed by atoms with Crippen molar-refractivity contribution in [1.29, 1.82) is 0 Å². The number of hydrogen-bond acceptors (Lipinski definition) is 16. The Hall–Kier alpha value is -7.67. The number of anilines is 2. The van der Waals surface area contributed by atoms with Crippen LogP contribution in [0.25, 0.3) is 0 Å². The fourth-order valence-electron chi connectivity index (χ4n) is 12.4. The summed E-state index contributed by atoms with van der Waals surface area (Å²) in [5.74, 6) is -4.39. The molecule has 0 bridgehead atoms. The molecule has 24 heteroatoms. The van der Waals surface area contributed by atoms with Crippen LogP contribution in [0.15, 0.2) is 78.9 Å². The van der Waals surface area contributed by atoms with Crippen molar-refractivity contribution in [3.63, 3.8) is 0 Å². The van der Waals surface area contributed by atoms with Gasteiger partial charge in [-0.15, -0.1) is 0 Å². The number of amides is 8. The molecule has 0 spiro atoms. The molecule has 3 aromatic rings. The number of likely N-dealkylation sites (tertiary alicyclic amines) is 1. The van der Waals surface area contributed by atoms with E-state index in [0.29, 0.717) is 81.5 Å². The Bertz CT molecular complexity index is 3000. The first-order chi connectivity index (χ1) is 45.8. The number of benzene rings is 3.